The zero-order valence-electron chi connectivity index (χ0n) is 14.1. The molecule has 3 rings (SSSR count). The van der Waals surface area contributed by atoms with E-state index in [9.17, 15) is 4.79 Å². The smallest absolute Gasteiger partial charge is 0.225 e. The summed E-state index contributed by atoms with van der Waals surface area (Å²) in [5.41, 5.74) is 3.06. The van der Waals surface area contributed by atoms with Crippen molar-refractivity contribution in [2.24, 2.45) is 0 Å². The monoisotopic (exact) mass is 368 g/mol. The molecule has 0 saturated carbocycles. The van der Waals surface area contributed by atoms with E-state index in [2.05, 4.69) is 12.2 Å². The van der Waals surface area contributed by atoms with Crippen LogP contribution in [-0.4, -0.2) is 16.6 Å². The summed E-state index contributed by atoms with van der Waals surface area (Å²) >= 11 is 3.25. The van der Waals surface area contributed by atoms with Crippen molar-refractivity contribution >= 4 is 34.0 Å². The van der Waals surface area contributed by atoms with Crippen LogP contribution < -0.4 is 5.32 Å². The molecule has 0 aliphatic heterocycles. The summed E-state index contributed by atoms with van der Waals surface area (Å²) < 4.78 is 0.986. The summed E-state index contributed by atoms with van der Waals surface area (Å²) in [5.74, 6) is 0.987. The summed E-state index contributed by atoms with van der Waals surface area (Å²) in [7, 11) is 0. The first-order chi connectivity index (χ1) is 12.3. The molecule has 0 bridgehead atoms. The lowest BCUT2D eigenvalue weighted by atomic mass is 10.1. The molecule has 3 aromatic rings. The number of carbonyl (C=O) groups excluding carboxylic acids is 1. The molecular weight excluding hydrogens is 348 g/mol. The van der Waals surface area contributed by atoms with Crippen molar-refractivity contribution in [1.82, 2.24) is 4.98 Å². The van der Waals surface area contributed by atoms with Gasteiger partial charge in [0.25, 0.3) is 0 Å². The zero-order chi connectivity index (χ0) is 17.5. The summed E-state index contributed by atoms with van der Waals surface area (Å²) in [6, 6.07) is 20.1. The van der Waals surface area contributed by atoms with Crippen molar-refractivity contribution in [3.8, 4) is 11.3 Å². The first-order valence-electron chi connectivity index (χ1n) is 8.29. The second-order valence-electron chi connectivity index (χ2n) is 5.49. The van der Waals surface area contributed by atoms with Gasteiger partial charge in [0.05, 0.1) is 0 Å². The number of aromatic nitrogens is 1. The first-order valence-corrected chi connectivity index (χ1v) is 10.1. The second kappa shape index (κ2) is 8.83. The fraction of sp³-hybridized carbons (Fsp3) is 0.200. The van der Waals surface area contributed by atoms with Gasteiger partial charge in [-0.3, -0.25) is 4.79 Å². The minimum atomic E-state index is 0.0257. The van der Waals surface area contributed by atoms with Crippen LogP contribution in [0.1, 0.15) is 18.9 Å². The van der Waals surface area contributed by atoms with Gasteiger partial charge in [0.1, 0.15) is 10.7 Å². The lowest BCUT2D eigenvalue weighted by Gasteiger charge is -2.05. The number of carbonyl (C=O) groups is 1. The minimum Gasteiger partial charge on any atom is -0.316 e. The highest BCUT2D eigenvalue weighted by atomic mass is 32.2. The Balaban J connectivity index is 1.73. The predicted octanol–water partition coefficient (Wildman–Crippen LogP) is 5.49. The second-order valence-corrected chi connectivity index (χ2v) is 8.00. The Labute approximate surface area is 156 Å². The number of nitrogens with zero attached hydrogens (tertiary/aromatic N) is 1. The number of hydrogen-bond donors (Lipinski definition) is 1. The number of anilines is 1. The van der Waals surface area contributed by atoms with Crippen molar-refractivity contribution in [2.45, 2.75) is 24.1 Å². The van der Waals surface area contributed by atoms with Crippen LogP contribution in [0.15, 0.2) is 65.0 Å². The van der Waals surface area contributed by atoms with Crippen molar-refractivity contribution in [3.05, 3.63) is 66.2 Å². The molecule has 25 heavy (non-hydrogen) atoms. The van der Waals surface area contributed by atoms with E-state index in [0.717, 1.165) is 32.8 Å². The van der Waals surface area contributed by atoms with E-state index in [1.807, 2.05) is 60.7 Å². The molecule has 0 aliphatic rings. The van der Waals surface area contributed by atoms with Crippen LogP contribution in [0.2, 0.25) is 0 Å². The number of amides is 1. The molecule has 128 valence electrons. The molecule has 0 atom stereocenters. The Hall–Kier alpha value is -2.11. The van der Waals surface area contributed by atoms with Gasteiger partial charge >= 0.3 is 0 Å². The molecule has 0 unspecified atom stereocenters. The fourth-order valence-corrected chi connectivity index (χ4v) is 4.43. The van der Waals surface area contributed by atoms with E-state index < -0.39 is 0 Å². The summed E-state index contributed by atoms with van der Waals surface area (Å²) in [6.45, 7) is 2.10. The maximum absolute atomic E-state index is 12.4. The summed E-state index contributed by atoms with van der Waals surface area (Å²) in [5, 5.41) is 3.90. The molecule has 1 amide bonds. The Morgan fingerprint density at radius 3 is 2.44 bits per heavy atom. The third-order valence-electron chi connectivity index (χ3n) is 3.66. The Kier molecular flexibility index (Phi) is 6.25. The van der Waals surface area contributed by atoms with E-state index >= 15 is 0 Å². The number of aryl methyl sites for hydroxylation is 1. The third kappa shape index (κ3) is 4.94. The number of rotatable bonds is 7. The Morgan fingerprint density at radius 1 is 1.08 bits per heavy atom. The molecule has 5 heteroatoms. The van der Waals surface area contributed by atoms with E-state index in [1.54, 1.807) is 23.1 Å². The summed E-state index contributed by atoms with van der Waals surface area (Å²) in [4.78, 5) is 17.1. The minimum absolute atomic E-state index is 0.0257. The largest absolute Gasteiger partial charge is 0.316 e. The van der Waals surface area contributed by atoms with Crippen LogP contribution in [0.4, 0.5) is 5.00 Å². The zero-order valence-corrected chi connectivity index (χ0v) is 15.7. The first kappa shape index (κ1) is 17.7. The molecule has 2 aromatic carbocycles. The number of benzene rings is 2. The van der Waals surface area contributed by atoms with Gasteiger partial charge in [-0.1, -0.05) is 90.7 Å². The van der Waals surface area contributed by atoms with Crippen LogP contribution >= 0.6 is 23.1 Å². The highest BCUT2D eigenvalue weighted by Crippen LogP contribution is 2.37. The summed E-state index contributed by atoms with van der Waals surface area (Å²) in [6.07, 6.45) is 1.20. The molecule has 0 spiro atoms. The molecule has 3 nitrogen and oxygen atoms in total. The number of thiazole rings is 1. The van der Waals surface area contributed by atoms with Crippen LogP contribution in [-0.2, 0) is 11.2 Å². The average molecular weight is 369 g/mol. The van der Waals surface area contributed by atoms with Gasteiger partial charge in [0.15, 0.2) is 4.34 Å². The topological polar surface area (TPSA) is 42.0 Å². The lowest BCUT2D eigenvalue weighted by molar-refractivity contribution is -0.116. The Bertz CT molecular complexity index is 816. The highest BCUT2D eigenvalue weighted by Gasteiger charge is 2.15. The molecule has 0 radical (unpaired) electrons. The number of hydrogen-bond acceptors (Lipinski definition) is 4. The molecule has 1 aromatic heterocycles. The maximum atomic E-state index is 12.4. The highest BCUT2D eigenvalue weighted by molar-refractivity contribution is 8.01. The molecule has 0 saturated heterocycles. The van der Waals surface area contributed by atoms with Gasteiger partial charge in [0, 0.05) is 12.0 Å². The molecule has 1 heterocycles. The van der Waals surface area contributed by atoms with E-state index in [0.29, 0.717) is 6.42 Å². The van der Waals surface area contributed by atoms with Crippen molar-refractivity contribution in [3.63, 3.8) is 0 Å². The van der Waals surface area contributed by atoms with Gasteiger partial charge < -0.3 is 5.32 Å². The van der Waals surface area contributed by atoms with E-state index in [-0.39, 0.29) is 5.91 Å². The third-order valence-corrected chi connectivity index (χ3v) is 5.65. The Morgan fingerprint density at radius 2 is 1.76 bits per heavy atom. The van der Waals surface area contributed by atoms with Gasteiger partial charge in [-0.2, -0.15) is 0 Å². The maximum Gasteiger partial charge on any atom is 0.225 e. The quantitative estimate of drug-likeness (QED) is 0.560. The standard InChI is InChI=1S/C20H20N2OS2/c1-2-24-20-22-18(16-11-7-4-8-12-16)19(25-20)21-17(23)14-13-15-9-5-3-6-10-15/h3-12H,2,13-14H2,1H3,(H,21,23). The van der Waals surface area contributed by atoms with Crippen molar-refractivity contribution in [1.29, 1.82) is 0 Å². The normalized spacial score (nSPS) is 10.6. The lowest BCUT2D eigenvalue weighted by Crippen LogP contribution is -2.12. The molecule has 0 aliphatic carbocycles. The van der Waals surface area contributed by atoms with Gasteiger partial charge in [0.2, 0.25) is 5.91 Å². The molecular formula is C20H20N2OS2. The van der Waals surface area contributed by atoms with Crippen LogP contribution in [0, 0.1) is 0 Å². The van der Waals surface area contributed by atoms with E-state index in [4.69, 9.17) is 4.98 Å². The van der Waals surface area contributed by atoms with E-state index in [1.165, 1.54) is 5.56 Å². The van der Waals surface area contributed by atoms with Crippen LogP contribution in [0.25, 0.3) is 11.3 Å². The molecule has 0 fully saturated rings. The van der Waals surface area contributed by atoms with Gasteiger partial charge in [-0.05, 0) is 17.7 Å². The number of nitrogens with one attached hydrogen (secondary N) is 1. The number of thioether (sulfide) groups is 1. The predicted molar refractivity (Wildman–Crippen MR) is 107 cm³/mol. The van der Waals surface area contributed by atoms with Crippen LogP contribution in [0.5, 0.6) is 0 Å². The molecule has 1 N–H and O–H groups in total. The van der Waals surface area contributed by atoms with Crippen molar-refractivity contribution in [2.75, 3.05) is 11.1 Å². The average Bonchev–Trinajstić information content (AvgIpc) is 3.04. The van der Waals surface area contributed by atoms with Crippen LogP contribution in [0.3, 0.4) is 0 Å². The fourth-order valence-electron chi connectivity index (χ4n) is 2.45. The van der Waals surface area contributed by atoms with Crippen molar-refractivity contribution < 1.29 is 4.79 Å². The van der Waals surface area contributed by atoms with Gasteiger partial charge in [-0.25, -0.2) is 4.98 Å². The SMILES string of the molecule is CCSc1nc(-c2ccccc2)c(NC(=O)CCc2ccccc2)s1. The van der Waals surface area contributed by atoms with Gasteiger partial charge in [-0.15, -0.1) is 0 Å².